The van der Waals surface area contributed by atoms with Crippen LogP contribution in [0.3, 0.4) is 0 Å². The summed E-state index contributed by atoms with van der Waals surface area (Å²) >= 11 is 12.4. The van der Waals surface area contributed by atoms with Crippen molar-refractivity contribution in [3.63, 3.8) is 0 Å². The van der Waals surface area contributed by atoms with E-state index in [1.807, 2.05) is 0 Å². The first-order chi connectivity index (χ1) is 10.0. The third-order valence-electron chi connectivity index (χ3n) is 4.12. The highest BCUT2D eigenvalue weighted by atomic mass is 35.5. The number of aliphatic hydroxyl groups is 1. The zero-order valence-corrected chi connectivity index (χ0v) is 12.9. The van der Waals surface area contributed by atoms with Gasteiger partial charge in [-0.1, -0.05) is 23.2 Å². The van der Waals surface area contributed by atoms with Gasteiger partial charge >= 0.3 is 6.09 Å². The van der Waals surface area contributed by atoms with E-state index >= 15 is 0 Å². The van der Waals surface area contributed by atoms with Gasteiger partial charge in [-0.15, -0.1) is 0 Å². The van der Waals surface area contributed by atoms with E-state index in [1.165, 1.54) is 0 Å². The van der Waals surface area contributed by atoms with Gasteiger partial charge in [0.05, 0.1) is 23.2 Å². The molecule has 5 nitrogen and oxygen atoms in total. The van der Waals surface area contributed by atoms with E-state index in [0.717, 1.165) is 5.56 Å². The molecule has 1 N–H and O–H groups in total. The predicted molar refractivity (Wildman–Crippen MR) is 78.2 cm³/mol. The number of hydrogen-bond donors (Lipinski definition) is 1. The minimum Gasteiger partial charge on any atom is -0.496 e. The van der Waals surface area contributed by atoms with Crippen molar-refractivity contribution in [2.24, 2.45) is 0 Å². The molecule has 0 radical (unpaired) electrons. The van der Waals surface area contributed by atoms with Crippen LogP contribution in [0.25, 0.3) is 0 Å². The SMILES string of the molecule is COc1ccc(Cl)c(Cl)c1[C@H]1C[C@H]2C(O)COC(=O)N2C1. The van der Waals surface area contributed by atoms with Crippen LogP contribution in [0.1, 0.15) is 17.9 Å². The maximum atomic E-state index is 11.8. The maximum absolute atomic E-state index is 11.8. The summed E-state index contributed by atoms with van der Waals surface area (Å²) < 4.78 is 10.3. The number of carbonyl (C=O) groups excluding carboxylic acids is 1. The molecule has 3 atom stereocenters. The Kier molecular flexibility index (Phi) is 3.90. The minimum absolute atomic E-state index is 0.0349. The lowest BCUT2D eigenvalue weighted by Crippen LogP contribution is -2.50. The molecule has 114 valence electrons. The molecule has 0 aromatic heterocycles. The monoisotopic (exact) mass is 331 g/mol. The van der Waals surface area contributed by atoms with Crippen LogP contribution in [0.4, 0.5) is 4.79 Å². The zero-order valence-electron chi connectivity index (χ0n) is 11.4. The first kappa shape index (κ1) is 14.8. The van der Waals surface area contributed by atoms with Crippen molar-refractivity contribution >= 4 is 29.3 Å². The molecule has 0 bridgehead atoms. The average molecular weight is 332 g/mol. The van der Waals surface area contributed by atoms with E-state index in [-0.39, 0.29) is 18.6 Å². The van der Waals surface area contributed by atoms with E-state index in [4.69, 9.17) is 32.7 Å². The number of cyclic esters (lactones) is 1. The molecule has 2 aliphatic heterocycles. The Morgan fingerprint density at radius 2 is 2.19 bits per heavy atom. The third kappa shape index (κ3) is 2.43. The first-order valence-corrected chi connectivity index (χ1v) is 7.42. The van der Waals surface area contributed by atoms with Gasteiger partial charge in [-0.05, 0) is 18.6 Å². The van der Waals surface area contributed by atoms with Crippen LogP contribution in [-0.4, -0.2) is 48.5 Å². The van der Waals surface area contributed by atoms with Crippen molar-refractivity contribution in [2.75, 3.05) is 20.3 Å². The Bertz CT molecular complexity index is 580. The Labute approximate surface area is 132 Å². The Morgan fingerprint density at radius 1 is 1.43 bits per heavy atom. The minimum atomic E-state index is -0.684. The van der Waals surface area contributed by atoms with Crippen molar-refractivity contribution in [1.82, 2.24) is 4.90 Å². The van der Waals surface area contributed by atoms with E-state index < -0.39 is 12.2 Å². The number of aliphatic hydroxyl groups excluding tert-OH is 1. The van der Waals surface area contributed by atoms with Crippen LogP contribution in [-0.2, 0) is 4.74 Å². The molecule has 2 aliphatic rings. The summed E-state index contributed by atoms with van der Waals surface area (Å²) in [5.41, 5.74) is 0.779. The fourth-order valence-electron chi connectivity index (χ4n) is 3.11. The molecule has 3 rings (SSSR count). The normalized spacial score (nSPS) is 28.3. The molecular weight excluding hydrogens is 317 g/mol. The number of halogens is 2. The summed E-state index contributed by atoms with van der Waals surface area (Å²) in [4.78, 5) is 13.4. The quantitative estimate of drug-likeness (QED) is 0.905. The summed E-state index contributed by atoms with van der Waals surface area (Å²) in [5, 5.41) is 10.9. The number of ether oxygens (including phenoxy) is 2. The van der Waals surface area contributed by atoms with E-state index in [9.17, 15) is 9.90 Å². The topological polar surface area (TPSA) is 59.0 Å². The molecule has 1 aromatic rings. The van der Waals surface area contributed by atoms with Crippen LogP contribution in [0.15, 0.2) is 12.1 Å². The average Bonchev–Trinajstić information content (AvgIpc) is 2.91. The van der Waals surface area contributed by atoms with Crippen molar-refractivity contribution in [3.8, 4) is 5.75 Å². The zero-order chi connectivity index (χ0) is 15.1. The van der Waals surface area contributed by atoms with Crippen molar-refractivity contribution in [1.29, 1.82) is 0 Å². The summed E-state index contributed by atoms with van der Waals surface area (Å²) in [5.74, 6) is 0.591. The van der Waals surface area contributed by atoms with Gasteiger partial charge in [-0.3, -0.25) is 0 Å². The summed E-state index contributed by atoms with van der Waals surface area (Å²) in [6, 6.07) is 3.18. The fourth-order valence-corrected chi connectivity index (χ4v) is 3.58. The number of rotatable bonds is 2. The molecule has 0 saturated carbocycles. The van der Waals surface area contributed by atoms with Crippen LogP contribution >= 0.6 is 23.2 Å². The Morgan fingerprint density at radius 3 is 2.86 bits per heavy atom. The van der Waals surface area contributed by atoms with Gasteiger partial charge in [-0.2, -0.15) is 0 Å². The number of fused-ring (bicyclic) bond motifs is 1. The number of benzene rings is 1. The van der Waals surface area contributed by atoms with E-state index in [1.54, 1.807) is 24.1 Å². The molecule has 1 unspecified atom stereocenters. The van der Waals surface area contributed by atoms with Crippen molar-refractivity contribution in [2.45, 2.75) is 24.5 Å². The van der Waals surface area contributed by atoms with Crippen LogP contribution in [0.5, 0.6) is 5.75 Å². The number of hydrogen-bond acceptors (Lipinski definition) is 4. The number of amides is 1. The van der Waals surface area contributed by atoms with Gasteiger partial charge in [0.25, 0.3) is 0 Å². The van der Waals surface area contributed by atoms with Crippen LogP contribution < -0.4 is 4.74 Å². The molecule has 1 aromatic carbocycles. The lowest BCUT2D eigenvalue weighted by molar-refractivity contribution is -0.0283. The smallest absolute Gasteiger partial charge is 0.410 e. The highest BCUT2D eigenvalue weighted by Gasteiger charge is 2.45. The molecule has 2 saturated heterocycles. The highest BCUT2D eigenvalue weighted by Crippen LogP contribution is 2.44. The fraction of sp³-hybridized carbons (Fsp3) is 0.500. The molecule has 2 heterocycles. The Hall–Kier alpha value is -1.17. The number of methoxy groups -OCH3 is 1. The van der Waals surface area contributed by atoms with Gasteiger partial charge in [0, 0.05) is 18.0 Å². The molecule has 7 heteroatoms. The molecular formula is C14H15Cl2NO4. The molecule has 2 fully saturated rings. The molecule has 21 heavy (non-hydrogen) atoms. The van der Waals surface area contributed by atoms with Gasteiger partial charge in [0.1, 0.15) is 18.5 Å². The van der Waals surface area contributed by atoms with Crippen molar-refractivity contribution in [3.05, 3.63) is 27.7 Å². The summed E-state index contributed by atoms with van der Waals surface area (Å²) in [6.07, 6.45) is -0.478. The second-order valence-electron chi connectivity index (χ2n) is 5.27. The lowest BCUT2D eigenvalue weighted by atomic mass is 9.94. The van der Waals surface area contributed by atoms with E-state index in [0.29, 0.717) is 28.8 Å². The van der Waals surface area contributed by atoms with E-state index in [2.05, 4.69) is 0 Å². The van der Waals surface area contributed by atoms with Gasteiger partial charge in [0.2, 0.25) is 0 Å². The van der Waals surface area contributed by atoms with Gasteiger partial charge < -0.3 is 19.5 Å². The molecule has 0 aliphatic carbocycles. The summed E-state index contributed by atoms with van der Waals surface area (Å²) in [7, 11) is 1.56. The predicted octanol–water partition coefficient (Wildman–Crippen LogP) is 2.67. The maximum Gasteiger partial charge on any atom is 0.410 e. The van der Waals surface area contributed by atoms with Crippen LogP contribution in [0, 0.1) is 0 Å². The Balaban J connectivity index is 1.96. The largest absolute Gasteiger partial charge is 0.496 e. The van der Waals surface area contributed by atoms with Crippen molar-refractivity contribution < 1.29 is 19.4 Å². The number of nitrogens with zero attached hydrogens (tertiary/aromatic N) is 1. The molecule has 0 spiro atoms. The van der Waals surface area contributed by atoms with Gasteiger partial charge in [-0.25, -0.2) is 4.79 Å². The molecule has 1 amide bonds. The number of carbonyl (C=O) groups is 1. The second kappa shape index (κ2) is 5.55. The van der Waals surface area contributed by atoms with Gasteiger partial charge in [0.15, 0.2) is 0 Å². The summed E-state index contributed by atoms with van der Waals surface area (Å²) in [6.45, 7) is 0.462. The standard InChI is InChI=1S/C14H15Cl2NO4/c1-20-11-3-2-8(15)13(16)12(11)7-4-9-10(18)6-21-14(19)17(9)5-7/h2-3,7,9-10,18H,4-6H2,1H3/t7-,9-,10?/m0/s1. The first-order valence-electron chi connectivity index (χ1n) is 6.66. The third-order valence-corrected chi connectivity index (χ3v) is 4.94. The van der Waals surface area contributed by atoms with Crippen LogP contribution in [0.2, 0.25) is 10.0 Å². The second-order valence-corrected chi connectivity index (χ2v) is 6.06. The highest BCUT2D eigenvalue weighted by molar-refractivity contribution is 6.42. The lowest BCUT2D eigenvalue weighted by Gasteiger charge is -2.32.